The summed E-state index contributed by atoms with van der Waals surface area (Å²) in [7, 11) is 0. The quantitative estimate of drug-likeness (QED) is 0.683. The highest BCUT2D eigenvalue weighted by atomic mass is 16.3. The standard InChI is InChI=1S/C20H22N4O3/c1-14-10-13-24(23-14)16-8-6-15(7-9-16)19(26)21-11-12-22-20(27)17-4-2-3-5-18(17)25/h2-9,25H,10-13H2,1H3,(H,21,26)(H,22,27). The Kier molecular flexibility index (Phi) is 5.71. The molecule has 0 aliphatic carbocycles. The van der Waals surface area contributed by atoms with Gasteiger partial charge in [-0.3, -0.25) is 14.6 Å². The van der Waals surface area contributed by atoms with Gasteiger partial charge in [-0.15, -0.1) is 0 Å². The second-order valence-corrected chi connectivity index (χ2v) is 6.28. The largest absolute Gasteiger partial charge is 0.507 e. The molecule has 2 aromatic rings. The second-order valence-electron chi connectivity index (χ2n) is 6.28. The topological polar surface area (TPSA) is 94.0 Å². The molecule has 1 aliphatic heterocycles. The van der Waals surface area contributed by atoms with E-state index in [9.17, 15) is 14.7 Å². The fraction of sp³-hybridized carbons (Fsp3) is 0.250. The predicted octanol–water partition coefficient (Wildman–Crippen LogP) is 2.14. The number of hydrazone groups is 1. The van der Waals surface area contributed by atoms with Crippen LogP contribution in [0, 0.1) is 0 Å². The molecule has 2 aromatic carbocycles. The third-order valence-electron chi connectivity index (χ3n) is 4.25. The molecular weight excluding hydrogens is 344 g/mol. The van der Waals surface area contributed by atoms with Crippen LogP contribution in [-0.2, 0) is 0 Å². The van der Waals surface area contributed by atoms with Gasteiger partial charge in [-0.2, -0.15) is 5.10 Å². The highest BCUT2D eigenvalue weighted by molar-refractivity contribution is 5.97. The van der Waals surface area contributed by atoms with Crippen LogP contribution in [0.1, 0.15) is 34.1 Å². The number of aromatic hydroxyl groups is 1. The molecular formula is C20H22N4O3. The van der Waals surface area contributed by atoms with Gasteiger partial charge in [0.1, 0.15) is 5.75 Å². The Bertz CT molecular complexity index is 862. The normalized spacial score (nSPS) is 13.2. The van der Waals surface area contributed by atoms with Crippen LogP contribution in [-0.4, -0.2) is 42.3 Å². The van der Waals surface area contributed by atoms with E-state index in [0.29, 0.717) is 5.56 Å². The summed E-state index contributed by atoms with van der Waals surface area (Å²) < 4.78 is 0. The van der Waals surface area contributed by atoms with E-state index in [2.05, 4.69) is 15.7 Å². The van der Waals surface area contributed by atoms with Crippen molar-refractivity contribution in [1.82, 2.24) is 10.6 Å². The fourth-order valence-electron chi connectivity index (χ4n) is 2.76. The lowest BCUT2D eigenvalue weighted by molar-refractivity contribution is 0.0926. The first-order valence-electron chi connectivity index (χ1n) is 8.80. The van der Waals surface area contributed by atoms with Gasteiger partial charge >= 0.3 is 0 Å². The van der Waals surface area contributed by atoms with Gasteiger partial charge in [-0.1, -0.05) is 12.1 Å². The average Bonchev–Trinajstić information content (AvgIpc) is 3.12. The summed E-state index contributed by atoms with van der Waals surface area (Å²) in [4.78, 5) is 24.2. The number of nitrogens with zero attached hydrogens (tertiary/aromatic N) is 2. The van der Waals surface area contributed by atoms with E-state index in [-0.39, 0.29) is 36.2 Å². The molecule has 0 spiro atoms. The summed E-state index contributed by atoms with van der Waals surface area (Å²) >= 11 is 0. The number of anilines is 1. The molecule has 0 aromatic heterocycles. The van der Waals surface area contributed by atoms with Crippen molar-refractivity contribution in [2.24, 2.45) is 5.10 Å². The van der Waals surface area contributed by atoms with Gasteiger partial charge in [0.2, 0.25) is 0 Å². The Hall–Kier alpha value is -3.35. The number of phenolic OH excluding ortho intramolecular Hbond substituents is 1. The number of rotatable bonds is 6. The number of carbonyl (C=O) groups excluding carboxylic acids is 2. The van der Waals surface area contributed by atoms with E-state index in [4.69, 9.17) is 0 Å². The van der Waals surface area contributed by atoms with Gasteiger partial charge in [0.05, 0.1) is 11.3 Å². The zero-order valence-corrected chi connectivity index (χ0v) is 15.1. The number of phenols is 1. The maximum absolute atomic E-state index is 12.2. The van der Waals surface area contributed by atoms with Crippen LogP contribution in [0.3, 0.4) is 0 Å². The van der Waals surface area contributed by atoms with Crippen LogP contribution < -0.4 is 15.6 Å². The zero-order chi connectivity index (χ0) is 19.2. The summed E-state index contributed by atoms with van der Waals surface area (Å²) in [6.45, 7) is 3.40. The monoisotopic (exact) mass is 366 g/mol. The van der Waals surface area contributed by atoms with Gasteiger partial charge in [-0.05, 0) is 43.3 Å². The highest BCUT2D eigenvalue weighted by Crippen LogP contribution is 2.19. The number of carbonyl (C=O) groups is 2. The summed E-state index contributed by atoms with van der Waals surface area (Å²) in [5.41, 5.74) is 2.81. The zero-order valence-electron chi connectivity index (χ0n) is 15.1. The third-order valence-corrected chi connectivity index (χ3v) is 4.25. The first-order valence-corrected chi connectivity index (χ1v) is 8.80. The number of hydrogen-bond acceptors (Lipinski definition) is 5. The summed E-state index contributed by atoms with van der Waals surface area (Å²) in [5.74, 6) is -0.663. The summed E-state index contributed by atoms with van der Waals surface area (Å²) in [5, 5.41) is 21.4. The molecule has 0 atom stereocenters. The Labute approximate surface area is 157 Å². The maximum Gasteiger partial charge on any atom is 0.255 e. The molecule has 140 valence electrons. The first-order chi connectivity index (χ1) is 13.0. The van der Waals surface area contributed by atoms with Crippen molar-refractivity contribution in [1.29, 1.82) is 0 Å². The molecule has 3 N–H and O–H groups in total. The first kappa shape index (κ1) is 18.4. The minimum atomic E-state index is -0.381. The molecule has 0 saturated carbocycles. The van der Waals surface area contributed by atoms with Gasteiger partial charge in [0.25, 0.3) is 11.8 Å². The molecule has 0 radical (unpaired) electrons. The van der Waals surface area contributed by atoms with Crippen molar-refractivity contribution in [3.05, 3.63) is 59.7 Å². The van der Waals surface area contributed by atoms with Gasteiger partial charge in [-0.25, -0.2) is 0 Å². The molecule has 0 unspecified atom stereocenters. The fourth-order valence-corrected chi connectivity index (χ4v) is 2.76. The van der Waals surface area contributed by atoms with Crippen molar-refractivity contribution < 1.29 is 14.7 Å². The van der Waals surface area contributed by atoms with E-state index >= 15 is 0 Å². The molecule has 2 amide bonds. The van der Waals surface area contributed by atoms with Crippen molar-refractivity contribution in [2.75, 3.05) is 24.6 Å². The van der Waals surface area contributed by atoms with Crippen molar-refractivity contribution in [3.8, 4) is 5.75 Å². The number of benzene rings is 2. The van der Waals surface area contributed by atoms with Crippen molar-refractivity contribution in [3.63, 3.8) is 0 Å². The molecule has 0 saturated heterocycles. The van der Waals surface area contributed by atoms with E-state index in [1.165, 1.54) is 12.1 Å². The molecule has 7 nitrogen and oxygen atoms in total. The number of nitrogens with one attached hydrogen (secondary N) is 2. The third kappa shape index (κ3) is 4.63. The Morgan fingerprint density at radius 3 is 2.33 bits per heavy atom. The number of amides is 2. The SMILES string of the molecule is CC1=NN(c2ccc(C(=O)NCCNC(=O)c3ccccc3O)cc2)CC1. The van der Waals surface area contributed by atoms with E-state index in [0.717, 1.165) is 24.4 Å². The number of para-hydroxylation sites is 1. The van der Waals surface area contributed by atoms with Crippen LogP contribution in [0.5, 0.6) is 5.75 Å². The Morgan fingerprint density at radius 1 is 1.04 bits per heavy atom. The van der Waals surface area contributed by atoms with Crippen LogP contribution in [0.15, 0.2) is 53.6 Å². The predicted molar refractivity (Wildman–Crippen MR) is 104 cm³/mol. The average molecular weight is 366 g/mol. The van der Waals surface area contributed by atoms with E-state index in [1.807, 2.05) is 24.1 Å². The van der Waals surface area contributed by atoms with E-state index in [1.54, 1.807) is 24.3 Å². The van der Waals surface area contributed by atoms with Crippen molar-refractivity contribution >= 4 is 23.2 Å². The van der Waals surface area contributed by atoms with Crippen LogP contribution in [0.4, 0.5) is 5.69 Å². The minimum Gasteiger partial charge on any atom is -0.507 e. The molecule has 0 bridgehead atoms. The second kappa shape index (κ2) is 8.35. The van der Waals surface area contributed by atoms with E-state index < -0.39 is 0 Å². The maximum atomic E-state index is 12.2. The van der Waals surface area contributed by atoms with Gasteiger partial charge < -0.3 is 15.7 Å². The molecule has 27 heavy (non-hydrogen) atoms. The lowest BCUT2D eigenvalue weighted by Gasteiger charge is -2.14. The van der Waals surface area contributed by atoms with Crippen LogP contribution in [0.25, 0.3) is 0 Å². The molecule has 1 aliphatic rings. The summed E-state index contributed by atoms with van der Waals surface area (Å²) in [6.07, 6.45) is 0.953. The Balaban J connectivity index is 1.45. The van der Waals surface area contributed by atoms with Gasteiger partial charge in [0.15, 0.2) is 0 Å². The van der Waals surface area contributed by atoms with Gasteiger partial charge in [0, 0.05) is 37.3 Å². The number of hydrogen-bond donors (Lipinski definition) is 3. The van der Waals surface area contributed by atoms with Crippen LogP contribution >= 0.6 is 0 Å². The molecule has 7 heteroatoms. The Morgan fingerprint density at radius 2 is 1.70 bits per heavy atom. The smallest absolute Gasteiger partial charge is 0.255 e. The molecule has 3 rings (SSSR count). The van der Waals surface area contributed by atoms with Crippen molar-refractivity contribution in [2.45, 2.75) is 13.3 Å². The lowest BCUT2D eigenvalue weighted by Crippen LogP contribution is -2.34. The molecule has 0 fully saturated rings. The molecule has 1 heterocycles. The minimum absolute atomic E-state index is 0.0725. The highest BCUT2D eigenvalue weighted by Gasteiger charge is 2.14. The lowest BCUT2D eigenvalue weighted by atomic mass is 10.2. The summed E-state index contributed by atoms with van der Waals surface area (Å²) in [6, 6.07) is 13.6. The van der Waals surface area contributed by atoms with Crippen LogP contribution in [0.2, 0.25) is 0 Å².